The quantitative estimate of drug-likeness (QED) is 0.152. The second-order valence-corrected chi connectivity index (χ2v) is 16.9. The number of hydrogen-bond donors (Lipinski definition) is 0. The van der Waals surface area contributed by atoms with Crippen LogP contribution in [0.2, 0.25) is 0 Å². The molecule has 318 valence electrons. The molecule has 0 spiro atoms. The number of nitrogens with zero attached hydrogens (tertiary/aromatic N) is 7. The fraction of sp³-hybridized carbons (Fsp3) is 0. The van der Waals surface area contributed by atoms with Crippen LogP contribution >= 0.6 is 0 Å². The Morgan fingerprint density at radius 3 is 1.26 bits per heavy atom. The molecule has 0 aliphatic heterocycles. The molecule has 4 heterocycles. The number of fused-ring (bicyclic) bond motifs is 6. The molecular formula is C61H39N7. The van der Waals surface area contributed by atoms with E-state index >= 15 is 0 Å². The van der Waals surface area contributed by atoms with Gasteiger partial charge >= 0.3 is 0 Å². The highest BCUT2D eigenvalue weighted by Gasteiger charge is 2.22. The average molecular weight is 870 g/mol. The smallest absolute Gasteiger partial charge is 0.238 e. The van der Waals surface area contributed by atoms with Crippen LogP contribution in [-0.2, 0) is 0 Å². The lowest BCUT2D eigenvalue weighted by molar-refractivity contribution is 0.954. The fourth-order valence-electron chi connectivity index (χ4n) is 9.55. The van der Waals surface area contributed by atoms with E-state index < -0.39 is 0 Å². The third-order valence-electron chi connectivity index (χ3n) is 12.8. The molecule has 0 aliphatic rings. The Balaban J connectivity index is 1.00. The highest BCUT2D eigenvalue weighted by molar-refractivity contribution is 6.19. The summed E-state index contributed by atoms with van der Waals surface area (Å²) >= 11 is 0. The van der Waals surface area contributed by atoms with Crippen molar-refractivity contribution in [2.24, 2.45) is 0 Å². The van der Waals surface area contributed by atoms with Crippen molar-refractivity contribution in [1.29, 1.82) is 0 Å². The van der Waals surface area contributed by atoms with Gasteiger partial charge in [0.05, 0.1) is 33.5 Å². The minimum Gasteiger partial charge on any atom is -0.309 e. The SMILES string of the molecule is c1ccc(-c2ccc(-n3c4ccccc4c4cc5c(cc43)c3ccccc3n5-c3nc(-c4ccccc4)nc(-c4cccc(-c5cc(-c6ccccc6)nc(-c6ccccc6)n5)c4)n3)cc2)cc1. The summed E-state index contributed by atoms with van der Waals surface area (Å²) in [6, 6.07) is 82.2. The third-order valence-corrected chi connectivity index (χ3v) is 12.8. The fourth-order valence-corrected chi connectivity index (χ4v) is 9.55. The van der Waals surface area contributed by atoms with Crippen molar-refractivity contribution in [1.82, 2.24) is 34.1 Å². The van der Waals surface area contributed by atoms with E-state index in [1.165, 1.54) is 16.5 Å². The summed E-state index contributed by atoms with van der Waals surface area (Å²) in [7, 11) is 0. The summed E-state index contributed by atoms with van der Waals surface area (Å²) in [5, 5.41) is 4.53. The lowest BCUT2D eigenvalue weighted by Gasteiger charge is -2.12. The van der Waals surface area contributed by atoms with E-state index in [0.29, 0.717) is 23.4 Å². The van der Waals surface area contributed by atoms with E-state index in [4.69, 9.17) is 24.9 Å². The van der Waals surface area contributed by atoms with Crippen LogP contribution in [0.15, 0.2) is 237 Å². The van der Waals surface area contributed by atoms with Gasteiger partial charge in [0.15, 0.2) is 17.5 Å². The molecule has 0 aliphatic carbocycles. The number of rotatable bonds is 8. The molecule has 0 saturated heterocycles. The molecule has 0 atom stereocenters. The zero-order valence-electron chi connectivity index (χ0n) is 36.6. The Kier molecular flexibility index (Phi) is 9.35. The molecule has 4 aromatic heterocycles. The third kappa shape index (κ3) is 6.80. The average Bonchev–Trinajstić information content (AvgIpc) is 3.93. The van der Waals surface area contributed by atoms with Crippen LogP contribution in [0.1, 0.15) is 0 Å². The molecule has 0 unspecified atom stereocenters. The van der Waals surface area contributed by atoms with Gasteiger partial charge in [-0.25, -0.2) is 15.0 Å². The number of benzene rings is 9. The van der Waals surface area contributed by atoms with E-state index in [-0.39, 0.29) is 0 Å². The van der Waals surface area contributed by atoms with E-state index in [0.717, 1.165) is 83.1 Å². The summed E-state index contributed by atoms with van der Waals surface area (Å²) in [6.07, 6.45) is 0. The Hall–Kier alpha value is -9.33. The first kappa shape index (κ1) is 39.1. The van der Waals surface area contributed by atoms with Gasteiger partial charge < -0.3 is 4.57 Å². The summed E-state index contributed by atoms with van der Waals surface area (Å²) in [5.74, 6) is 2.33. The van der Waals surface area contributed by atoms with E-state index in [2.05, 4.69) is 161 Å². The number of hydrogen-bond acceptors (Lipinski definition) is 5. The normalized spacial score (nSPS) is 11.5. The van der Waals surface area contributed by atoms with Crippen molar-refractivity contribution in [3.63, 3.8) is 0 Å². The Morgan fingerprint density at radius 1 is 0.235 bits per heavy atom. The molecule has 7 nitrogen and oxygen atoms in total. The van der Waals surface area contributed by atoms with E-state index in [1.54, 1.807) is 0 Å². The molecule has 7 heteroatoms. The van der Waals surface area contributed by atoms with Gasteiger partial charge in [0.25, 0.3) is 0 Å². The van der Waals surface area contributed by atoms with Gasteiger partial charge in [-0.15, -0.1) is 0 Å². The second-order valence-electron chi connectivity index (χ2n) is 16.9. The van der Waals surface area contributed by atoms with Crippen LogP contribution in [0.25, 0.3) is 123 Å². The van der Waals surface area contributed by atoms with Crippen molar-refractivity contribution in [3.05, 3.63) is 237 Å². The lowest BCUT2D eigenvalue weighted by Crippen LogP contribution is -2.06. The molecule has 0 N–H and O–H groups in total. The van der Waals surface area contributed by atoms with Crippen LogP contribution < -0.4 is 0 Å². The van der Waals surface area contributed by atoms with Gasteiger partial charge in [0, 0.05) is 55.0 Å². The highest BCUT2D eigenvalue weighted by atomic mass is 15.2. The van der Waals surface area contributed by atoms with Gasteiger partial charge in [0.2, 0.25) is 5.95 Å². The van der Waals surface area contributed by atoms with Crippen LogP contribution in [0.3, 0.4) is 0 Å². The Bertz CT molecular complexity index is 3940. The largest absolute Gasteiger partial charge is 0.309 e. The van der Waals surface area contributed by atoms with Gasteiger partial charge in [0.1, 0.15) is 0 Å². The summed E-state index contributed by atoms with van der Waals surface area (Å²) < 4.78 is 4.59. The van der Waals surface area contributed by atoms with Crippen molar-refractivity contribution in [2.75, 3.05) is 0 Å². The summed E-state index contributed by atoms with van der Waals surface area (Å²) in [4.78, 5) is 26.0. The zero-order chi connectivity index (χ0) is 45.0. The monoisotopic (exact) mass is 869 g/mol. The lowest BCUT2D eigenvalue weighted by atomic mass is 10.0. The Labute approximate surface area is 392 Å². The van der Waals surface area contributed by atoms with Crippen molar-refractivity contribution in [3.8, 4) is 79.4 Å². The first-order chi connectivity index (χ1) is 33.7. The maximum Gasteiger partial charge on any atom is 0.238 e. The van der Waals surface area contributed by atoms with E-state index in [9.17, 15) is 0 Å². The topological polar surface area (TPSA) is 74.3 Å². The molecule has 0 radical (unpaired) electrons. The molecular weight excluding hydrogens is 831 g/mol. The van der Waals surface area contributed by atoms with Gasteiger partial charge in [-0.1, -0.05) is 188 Å². The summed E-state index contributed by atoms with van der Waals surface area (Å²) in [5.41, 5.74) is 14.0. The predicted molar refractivity (Wildman–Crippen MR) is 277 cm³/mol. The number of para-hydroxylation sites is 2. The standard InChI is InChI=1S/C61H39N7/c1-5-18-40(19-6-1)41-32-34-47(35-33-41)67-54-30-15-13-28-48(54)50-38-57-51(37-56(50)67)49-29-14-16-31-55(49)68(57)61-65-59(44-24-11-4-12-25-44)64-60(66-61)46-27-17-26-45(36-46)53-39-52(42-20-7-2-8-21-42)62-58(63-53)43-22-9-3-10-23-43/h1-39H. The van der Waals surface area contributed by atoms with E-state index in [1.807, 2.05) is 84.9 Å². The zero-order valence-corrected chi connectivity index (χ0v) is 36.6. The van der Waals surface area contributed by atoms with Crippen molar-refractivity contribution in [2.45, 2.75) is 0 Å². The van der Waals surface area contributed by atoms with Crippen LogP contribution in [0.4, 0.5) is 0 Å². The van der Waals surface area contributed by atoms with Crippen LogP contribution in [0.5, 0.6) is 0 Å². The predicted octanol–water partition coefficient (Wildman–Crippen LogP) is 14.9. The molecule has 0 amide bonds. The first-order valence-corrected chi connectivity index (χ1v) is 22.7. The maximum atomic E-state index is 5.37. The molecule has 0 bridgehead atoms. The first-order valence-electron chi connectivity index (χ1n) is 22.7. The van der Waals surface area contributed by atoms with Crippen molar-refractivity contribution >= 4 is 43.6 Å². The second kappa shape index (κ2) is 16.3. The van der Waals surface area contributed by atoms with Crippen LogP contribution in [0, 0.1) is 0 Å². The summed E-state index contributed by atoms with van der Waals surface area (Å²) in [6.45, 7) is 0. The highest BCUT2D eigenvalue weighted by Crippen LogP contribution is 2.40. The molecule has 13 aromatic rings. The molecule has 68 heavy (non-hydrogen) atoms. The van der Waals surface area contributed by atoms with Crippen LogP contribution in [-0.4, -0.2) is 34.1 Å². The molecule has 0 fully saturated rings. The Morgan fingerprint density at radius 2 is 0.662 bits per heavy atom. The van der Waals surface area contributed by atoms with Gasteiger partial charge in [-0.3, -0.25) is 4.57 Å². The minimum atomic E-state index is 0.532. The van der Waals surface area contributed by atoms with Crippen molar-refractivity contribution < 1.29 is 0 Å². The van der Waals surface area contributed by atoms with Gasteiger partial charge in [-0.2, -0.15) is 9.97 Å². The van der Waals surface area contributed by atoms with Gasteiger partial charge in [-0.05, 0) is 59.7 Å². The number of aromatic nitrogens is 7. The molecule has 13 rings (SSSR count). The molecule has 9 aromatic carbocycles. The minimum absolute atomic E-state index is 0.532. The maximum absolute atomic E-state index is 5.37. The molecule has 0 saturated carbocycles.